The molecule has 148 valence electrons. The topological polar surface area (TPSA) is 43.8 Å². The summed E-state index contributed by atoms with van der Waals surface area (Å²) in [5.74, 6) is 0.752. The lowest BCUT2D eigenvalue weighted by Gasteiger charge is -2.37. The lowest BCUT2D eigenvalue weighted by molar-refractivity contribution is 0.370. The number of hydrogen-bond donors (Lipinski definition) is 1. The van der Waals surface area contributed by atoms with Gasteiger partial charge in [0.15, 0.2) is 5.96 Å². The van der Waals surface area contributed by atoms with Crippen LogP contribution in [0.15, 0.2) is 29.3 Å². The van der Waals surface area contributed by atoms with Crippen molar-refractivity contribution in [2.75, 3.05) is 37.6 Å². The molecule has 3 rings (SSSR count). The summed E-state index contributed by atoms with van der Waals surface area (Å²) < 4.78 is 14.0. The van der Waals surface area contributed by atoms with E-state index in [1.807, 2.05) is 19.1 Å². The maximum absolute atomic E-state index is 14.0. The number of aromatic nitrogens is 1. The molecule has 0 unspecified atom stereocenters. The molecule has 1 aliphatic rings. The van der Waals surface area contributed by atoms with Crippen molar-refractivity contribution < 1.29 is 4.39 Å². The van der Waals surface area contributed by atoms with E-state index in [4.69, 9.17) is 4.99 Å². The highest BCUT2D eigenvalue weighted by atomic mass is 127. The van der Waals surface area contributed by atoms with Crippen molar-refractivity contribution in [2.24, 2.45) is 4.99 Å². The smallest absolute Gasteiger partial charge is 0.194 e. The first-order valence-electron chi connectivity index (χ1n) is 9.04. The third kappa shape index (κ3) is 5.54. The average molecular weight is 503 g/mol. The zero-order valence-corrected chi connectivity index (χ0v) is 19.2. The van der Waals surface area contributed by atoms with E-state index < -0.39 is 0 Å². The minimum atomic E-state index is -0.156. The fourth-order valence-corrected chi connectivity index (χ4v) is 3.90. The molecular weight excluding hydrogens is 476 g/mol. The standard InChI is InChI=1S/C19H26FN5S.HI/c1-4-21-19(22-13-18-23-14(2)15(3)26-18)25-11-9-24(10-12-25)17-8-6-5-7-16(17)20;/h5-8H,4,9-13H2,1-3H3,(H,21,22);1H. The van der Waals surface area contributed by atoms with E-state index in [-0.39, 0.29) is 29.8 Å². The van der Waals surface area contributed by atoms with E-state index in [0.29, 0.717) is 12.2 Å². The first kappa shape index (κ1) is 21.9. The van der Waals surface area contributed by atoms with Crippen molar-refractivity contribution in [2.45, 2.75) is 27.3 Å². The zero-order valence-electron chi connectivity index (χ0n) is 16.0. The number of nitrogens with one attached hydrogen (secondary N) is 1. The highest BCUT2D eigenvalue weighted by Gasteiger charge is 2.21. The summed E-state index contributed by atoms with van der Waals surface area (Å²) in [5, 5.41) is 4.41. The van der Waals surface area contributed by atoms with E-state index in [0.717, 1.165) is 49.4 Å². The Balaban J connectivity index is 0.00000261. The maximum Gasteiger partial charge on any atom is 0.194 e. The number of rotatable bonds is 4. The fraction of sp³-hybridized carbons (Fsp3) is 0.474. The molecule has 1 fully saturated rings. The van der Waals surface area contributed by atoms with Crippen LogP contribution < -0.4 is 10.2 Å². The molecule has 1 N–H and O–H groups in total. The molecule has 0 spiro atoms. The van der Waals surface area contributed by atoms with Gasteiger partial charge in [-0.2, -0.15) is 0 Å². The molecule has 2 heterocycles. The molecule has 0 saturated carbocycles. The lowest BCUT2D eigenvalue weighted by Crippen LogP contribution is -2.52. The summed E-state index contributed by atoms with van der Waals surface area (Å²) in [5.41, 5.74) is 1.77. The van der Waals surface area contributed by atoms with Crippen LogP contribution in [0, 0.1) is 19.7 Å². The van der Waals surface area contributed by atoms with Gasteiger partial charge in [-0.25, -0.2) is 14.4 Å². The van der Waals surface area contributed by atoms with Crippen molar-refractivity contribution in [3.63, 3.8) is 0 Å². The van der Waals surface area contributed by atoms with Gasteiger partial charge in [-0.05, 0) is 32.9 Å². The van der Waals surface area contributed by atoms with Gasteiger partial charge < -0.3 is 15.1 Å². The molecule has 0 atom stereocenters. The molecule has 1 saturated heterocycles. The Morgan fingerprint density at radius 1 is 1.22 bits per heavy atom. The summed E-state index contributed by atoms with van der Waals surface area (Å²) in [7, 11) is 0. The molecule has 1 aromatic carbocycles. The van der Waals surface area contributed by atoms with Gasteiger partial charge in [0, 0.05) is 37.6 Å². The van der Waals surface area contributed by atoms with E-state index in [2.05, 4.69) is 33.9 Å². The van der Waals surface area contributed by atoms with Crippen LogP contribution in [0.3, 0.4) is 0 Å². The van der Waals surface area contributed by atoms with E-state index in [1.165, 1.54) is 10.9 Å². The average Bonchev–Trinajstić information content (AvgIpc) is 2.97. The molecule has 8 heteroatoms. The summed E-state index contributed by atoms with van der Waals surface area (Å²) in [6.45, 7) is 10.8. The number of piperazine rings is 1. The Morgan fingerprint density at radius 3 is 2.52 bits per heavy atom. The minimum Gasteiger partial charge on any atom is -0.366 e. The number of para-hydroxylation sites is 1. The summed E-state index contributed by atoms with van der Waals surface area (Å²) >= 11 is 1.71. The molecule has 27 heavy (non-hydrogen) atoms. The number of aryl methyl sites for hydroxylation is 2. The molecular formula is C19H27FIN5S. The SMILES string of the molecule is CCNC(=NCc1nc(C)c(C)s1)N1CCN(c2ccccc2F)CC1.I. The Morgan fingerprint density at radius 2 is 1.93 bits per heavy atom. The molecule has 5 nitrogen and oxygen atoms in total. The highest BCUT2D eigenvalue weighted by Crippen LogP contribution is 2.20. The van der Waals surface area contributed by atoms with Crippen LogP contribution in [0.25, 0.3) is 0 Å². The van der Waals surface area contributed by atoms with Crippen molar-refractivity contribution in [1.29, 1.82) is 0 Å². The highest BCUT2D eigenvalue weighted by molar-refractivity contribution is 14.0. The molecule has 0 radical (unpaired) electrons. The van der Waals surface area contributed by atoms with Crippen LogP contribution in [0.1, 0.15) is 22.5 Å². The van der Waals surface area contributed by atoms with E-state index >= 15 is 0 Å². The first-order chi connectivity index (χ1) is 12.6. The van der Waals surface area contributed by atoms with Crippen LogP contribution in [-0.2, 0) is 6.54 Å². The first-order valence-corrected chi connectivity index (χ1v) is 9.85. The van der Waals surface area contributed by atoms with Gasteiger partial charge in [-0.1, -0.05) is 12.1 Å². The molecule has 1 aliphatic heterocycles. The Kier molecular flexibility index (Phi) is 8.28. The fourth-order valence-electron chi connectivity index (χ4n) is 3.04. The van der Waals surface area contributed by atoms with Crippen molar-refractivity contribution in [3.8, 4) is 0 Å². The monoisotopic (exact) mass is 503 g/mol. The number of aliphatic imine (C=N–C) groups is 1. The number of halogens is 2. The minimum absolute atomic E-state index is 0. The van der Waals surface area contributed by atoms with Crippen LogP contribution in [0.2, 0.25) is 0 Å². The summed E-state index contributed by atoms with van der Waals surface area (Å²) in [4.78, 5) is 14.9. The second-order valence-corrected chi connectivity index (χ2v) is 7.63. The third-order valence-electron chi connectivity index (χ3n) is 4.54. The van der Waals surface area contributed by atoms with Crippen LogP contribution in [0.5, 0.6) is 0 Å². The Bertz CT molecular complexity index is 752. The number of thiazole rings is 1. The predicted octanol–water partition coefficient (Wildman–Crippen LogP) is 3.80. The second-order valence-electron chi connectivity index (χ2n) is 6.34. The van der Waals surface area contributed by atoms with Crippen molar-refractivity contribution in [1.82, 2.24) is 15.2 Å². The van der Waals surface area contributed by atoms with Crippen molar-refractivity contribution in [3.05, 3.63) is 45.7 Å². The normalized spacial score (nSPS) is 14.9. The van der Waals surface area contributed by atoms with Gasteiger partial charge in [-0.15, -0.1) is 35.3 Å². The molecule has 0 amide bonds. The van der Waals surface area contributed by atoms with Crippen LogP contribution >= 0.6 is 35.3 Å². The van der Waals surface area contributed by atoms with E-state index in [1.54, 1.807) is 17.4 Å². The molecule has 0 bridgehead atoms. The lowest BCUT2D eigenvalue weighted by atomic mass is 10.2. The van der Waals surface area contributed by atoms with Gasteiger partial charge in [0.1, 0.15) is 10.8 Å². The number of guanidine groups is 1. The summed E-state index contributed by atoms with van der Waals surface area (Å²) in [6, 6.07) is 6.98. The molecule has 2 aromatic rings. The maximum atomic E-state index is 14.0. The number of anilines is 1. The molecule has 0 aliphatic carbocycles. The second kappa shape index (κ2) is 10.2. The Hall–Kier alpha value is -1.42. The number of benzene rings is 1. The van der Waals surface area contributed by atoms with Gasteiger partial charge in [0.25, 0.3) is 0 Å². The zero-order chi connectivity index (χ0) is 18.5. The Labute approximate surface area is 181 Å². The molecule has 1 aromatic heterocycles. The number of hydrogen-bond acceptors (Lipinski definition) is 4. The quantitative estimate of drug-likeness (QED) is 0.392. The van der Waals surface area contributed by atoms with E-state index in [9.17, 15) is 4.39 Å². The third-order valence-corrected chi connectivity index (χ3v) is 5.60. The number of nitrogens with zero attached hydrogens (tertiary/aromatic N) is 4. The predicted molar refractivity (Wildman–Crippen MR) is 122 cm³/mol. The van der Waals surface area contributed by atoms with Gasteiger partial charge >= 0.3 is 0 Å². The van der Waals surface area contributed by atoms with Crippen molar-refractivity contribution >= 4 is 47.0 Å². The van der Waals surface area contributed by atoms with Gasteiger partial charge in [0.2, 0.25) is 0 Å². The van der Waals surface area contributed by atoms with Crippen LogP contribution in [-0.4, -0.2) is 48.6 Å². The largest absolute Gasteiger partial charge is 0.366 e. The van der Waals surface area contributed by atoms with Gasteiger partial charge in [-0.3, -0.25) is 0 Å². The van der Waals surface area contributed by atoms with Crippen LogP contribution in [0.4, 0.5) is 10.1 Å². The van der Waals surface area contributed by atoms with Gasteiger partial charge in [0.05, 0.1) is 17.9 Å². The summed E-state index contributed by atoms with van der Waals surface area (Å²) in [6.07, 6.45) is 0.